The molecule has 0 aromatic heterocycles. The number of ether oxygens (including phenoxy) is 2. The van der Waals surface area contributed by atoms with Crippen LogP contribution in [0.2, 0.25) is 0 Å². The van der Waals surface area contributed by atoms with Gasteiger partial charge in [-0.3, -0.25) is 9.59 Å². The second-order valence-corrected chi connectivity index (χ2v) is 3.46. The molecule has 2 aliphatic rings. The van der Waals surface area contributed by atoms with Gasteiger partial charge >= 0.3 is 11.9 Å². The number of hydrogen-bond acceptors (Lipinski definition) is 4. The van der Waals surface area contributed by atoms with E-state index in [1.165, 1.54) is 0 Å². The molecular formula is C9H12O4. The minimum Gasteiger partial charge on any atom is -0.422 e. The van der Waals surface area contributed by atoms with Gasteiger partial charge < -0.3 is 9.47 Å². The van der Waals surface area contributed by atoms with Gasteiger partial charge in [0, 0.05) is 12.8 Å². The Kier molecular flexibility index (Phi) is 1.70. The van der Waals surface area contributed by atoms with Crippen molar-refractivity contribution in [3.63, 3.8) is 0 Å². The van der Waals surface area contributed by atoms with Crippen LogP contribution in [0.25, 0.3) is 0 Å². The van der Waals surface area contributed by atoms with Gasteiger partial charge in [0.05, 0.1) is 1.37 Å². The quantitative estimate of drug-likeness (QED) is 0.419. The predicted octanol–water partition coefficient (Wildman–Crippen LogP) is 1.14. The normalized spacial score (nSPS) is 29.4. The first-order chi connectivity index (χ1) is 6.63. The molecule has 1 saturated heterocycles. The summed E-state index contributed by atoms with van der Waals surface area (Å²) in [6.07, 6.45) is 2.48. The average Bonchev–Trinajstić information content (AvgIpc) is 2.15. The highest BCUT2D eigenvalue weighted by Crippen LogP contribution is 2.35. The molecule has 2 rings (SSSR count). The maximum atomic E-state index is 11.2. The maximum absolute atomic E-state index is 11.2. The van der Waals surface area contributed by atoms with Gasteiger partial charge in [-0.1, -0.05) is 6.42 Å². The van der Waals surface area contributed by atoms with E-state index in [0.29, 0.717) is 12.8 Å². The van der Waals surface area contributed by atoms with Crippen LogP contribution in [0.3, 0.4) is 0 Å². The minimum atomic E-state index is -1.51. The van der Waals surface area contributed by atoms with Crippen molar-refractivity contribution in [3.8, 4) is 0 Å². The van der Waals surface area contributed by atoms with Gasteiger partial charge in [-0.15, -0.1) is 0 Å². The van der Waals surface area contributed by atoms with Crippen LogP contribution >= 0.6 is 0 Å². The van der Waals surface area contributed by atoms with E-state index in [0.717, 1.165) is 19.3 Å². The summed E-state index contributed by atoms with van der Waals surface area (Å²) in [4.78, 5) is 22.3. The van der Waals surface area contributed by atoms with Crippen LogP contribution in [0.4, 0.5) is 0 Å². The Hall–Kier alpha value is -1.06. The van der Waals surface area contributed by atoms with Gasteiger partial charge in [0.25, 0.3) is 5.79 Å². The van der Waals surface area contributed by atoms with Crippen molar-refractivity contribution in [2.75, 3.05) is 0 Å². The topological polar surface area (TPSA) is 52.6 Å². The van der Waals surface area contributed by atoms with Gasteiger partial charge in [0.1, 0.15) is 6.40 Å². The number of hydrogen-bond donors (Lipinski definition) is 0. The Balaban J connectivity index is 2.14. The summed E-state index contributed by atoms with van der Waals surface area (Å²) in [5, 5.41) is 0. The lowest BCUT2D eigenvalue weighted by Gasteiger charge is -2.38. The Morgan fingerprint density at radius 2 is 1.62 bits per heavy atom. The minimum absolute atomic E-state index is 0.567. The zero-order valence-corrected chi connectivity index (χ0v) is 7.25. The van der Waals surface area contributed by atoms with Crippen molar-refractivity contribution in [2.24, 2.45) is 0 Å². The molecule has 1 aliphatic heterocycles. The predicted molar refractivity (Wildman–Crippen MR) is 42.6 cm³/mol. The van der Waals surface area contributed by atoms with Crippen LogP contribution in [0.15, 0.2) is 0 Å². The molecule has 0 aromatic carbocycles. The lowest BCUT2D eigenvalue weighted by molar-refractivity contribution is -0.252. The molecule has 4 nitrogen and oxygen atoms in total. The second kappa shape index (κ2) is 3.01. The van der Waals surface area contributed by atoms with E-state index in [1.54, 1.807) is 0 Å². The molecular weight excluding hydrogens is 172 g/mol. The number of carbonyl (C=O) groups is 2. The van der Waals surface area contributed by atoms with Crippen LogP contribution in [0.1, 0.15) is 39.9 Å². The van der Waals surface area contributed by atoms with E-state index in [1.807, 2.05) is 0 Å². The Morgan fingerprint density at radius 3 is 2.15 bits per heavy atom. The van der Waals surface area contributed by atoms with Gasteiger partial charge in [-0.2, -0.15) is 0 Å². The molecule has 0 atom stereocenters. The van der Waals surface area contributed by atoms with Crippen LogP contribution < -0.4 is 0 Å². The highest BCUT2D eigenvalue weighted by atomic mass is 16.7. The van der Waals surface area contributed by atoms with Crippen molar-refractivity contribution in [3.05, 3.63) is 0 Å². The molecule has 1 spiro atoms. The van der Waals surface area contributed by atoms with Crippen molar-refractivity contribution < 1.29 is 20.4 Å². The van der Waals surface area contributed by atoms with Crippen molar-refractivity contribution in [2.45, 2.75) is 44.3 Å². The molecule has 13 heavy (non-hydrogen) atoms. The summed E-state index contributed by atoms with van der Waals surface area (Å²) in [7, 11) is 0. The Morgan fingerprint density at radius 1 is 1.08 bits per heavy atom. The lowest BCUT2D eigenvalue weighted by atomic mass is 9.93. The van der Waals surface area contributed by atoms with E-state index in [9.17, 15) is 9.59 Å². The van der Waals surface area contributed by atoms with E-state index in [4.69, 9.17) is 10.8 Å². The molecule has 2 fully saturated rings. The van der Waals surface area contributed by atoms with Crippen LogP contribution in [0.5, 0.6) is 0 Å². The van der Waals surface area contributed by atoms with E-state index in [-0.39, 0.29) is 0 Å². The molecule has 1 aliphatic carbocycles. The standard InChI is InChI=1S/C9H12O4/c10-7-6-8(11)13-9(12-7)4-2-1-3-5-9/h1-6H2/i6D. The Labute approximate surface area is 77.6 Å². The first-order valence-corrected chi connectivity index (χ1v) is 4.51. The molecule has 0 amide bonds. The third-order valence-corrected chi connectivity index (χ3v) is 2.42. The Bertz CT molecular complexity index is 250. The van der Waals surface area contributed by atoms with Crippen molar-refractivity contribution in [1.29, 1.82) is 0 Å². The molecule has 0 N–H and O–H groups in total. The molecule has 0 radical (unpaired) electrons. The first kappa shape index (κ1) is 7.35. The molecule has 72 valence electrons. The summed E-state index contributed by atoms with van der Waals surface area (Å²) in [6, 6.07) is 0. The van der Waals surface area contributed by atoms with Gasteiger partial charge in [-0.05, 0) is 12.8 Å². The van der Waals surface area contributed by atoms with Gasteiger partial charge in [0.15, 0.2) is 0 Å². The number of rotatable bonds is 0. The summed E-state index contributed by atoms with van der Waals surface area (Å²) in [5.41, 5.74) is 0. The number of esters is 2. The average molecular weight is 185 g/mol. The molecule has 1 saturated carbocycles. The fourth-order valence-electron chi connectivity index (χ4n) is 1.84. The van der Waals surface area contributed by atoms with E-state index >= 15 is 0 Å². The first-order valence-electron chi connectivity index (χ1n) is 5.09. The monoisotopic (exact) mass is 185 g/mol. The fraction of sp³-hybridized carbons (Fsp3) is 0.778. The molecule has 4 heteroatoms. The molecule has 1 heterocycles. The highest BCUT2D eigenvalue weighted by Gasteiger charge is 2.43. The summed E-state index contributed by atoms with van der Waals surface area (Å²) >= 11 is 0. The van der Waals surface area contributed by atoms with Gasteiger partial charge in [0.2, 0.25) is 0 Å². The molecule has 0 bridgehead atoms. The fourth-order valence-corrected chi connectivity index (χ4v) is 1.84. The SMILES string of the molecule is [2H]C1C(=O)OC2(CCCCC2)OC1=O. The lowest BCUT2D eigenvalue weighted by Crippen LogP contribution is -2.46. The molecule has 0 unspecified atom stereocenters. The van der Waals surface area contributed by atoms with E-state index < -0.39 is 24.1 Å². The van der Waals surface area contributed by atoms with Crippen LogP contribution in [0, 0.1) is 0 Å². The van der Waals surface area contributed by atoms with Crippen LogP contribution in [-0.4, -0.2) is 17.7 Å². The number of carbonyl (C=O) groups excluding carboxylic acids is 2. The highest BCUT2D eigenvalue weighted by molar-refractivity contribution is 5.93. The third kappa shape index (κ3) is 1.66. The van der Waals surface area contributed by atoms with Crippen molar-refractivity contribution >= 4 is 11.9 Å². The van der Waals surface area contributed by atoms with Gasteiger partial charge in [-0.25, -0.2) is 0 Å². The zero-order chi connectivity index (χ0) is 10.2. The summed E-state index contributed by atoms with van der Waals surface area (Å²) < 4.78 is 17.2. The van der Waals surface area contributed by atoms with Crippen LogP contribution in [-0.2, 0) is 19.1 Å². The third-order valence-electron chi connectivity index (χ3n) is 2.42. The summed E-state index contributed by atoms with van der Waals surface area (Å²) in [6.45, 7) is 0. The molecule has 0 aromatic rings. The van der Waals surface area contributed by atoms with E-state index in [2.05, 4.69) is 0 Å². The summed E-state index contributed by atoms with van der Waals surface area (Å²) in [5.74, 6) is -2.59. The second-order valence-electron chi connectivity index (χ2n) is 3.46. The largest absolute Gasteiger partial charge is 0.422 e. The smallest absolute Gasteiger partial charge is 0.320 e. The van der Waals surface area contributed by atoms with Crippen molar-refractivity contribution in [1.82, 2.24) is 0 Å². The maximum Gasteiger partial charge on any atom is 0.320 e. The zero-order valence-electron chi connectivity index (χ0n) is 8.25.